The summed E-state index contributed by atoms with van der Waals surface area (Å²) >= 11 is 0. The van der Waals surface area contributed by atoms with E-state index in [0.29, 0.717) is 4.91 Å². The van der Waals surface area contributed by atoms with Crippen LogP contribution in [0.5, 0.6) is 0 Å². The molecular weight excluding hydrogens is 220 g/mol. The van der Waals surface area contributed by atoms with Crippen molar-refractivity contribution in [2.75, 3.05) is 0 Å². The SMILES string of the molecule is O=[SH](=O)C1=CCCCC(c2ccccc2)=C1. The van der Waals surface area contributed by atoms with E-state index >= 15 is 0 Å². The van der Waals surface area contributed by atoms with Gasteiger partial charge in [-0.2, -0.15) is 0 Å². The Morgan fingerprint density at radius 3 is 2.50 bits per heavy atom. The minimum Gasteiger partial charge on any atom is -0.227 e. The molecule has 0 fully saturated rings. The number of allylic oxidation sites excluding steroid dienone is 3. The third-order valence-electron chi connectivity index (χ3n) is 2.68. The van der Waals surface area contributed by atoms with Gasteiger partial charge in [0.25, 0.3) is 0 Å². The van der Waals surface area contributed by atoms with Crippen molar-refractivity contribution in [3.63, 3.8) is 0 Å². The second-order valence-electron chi connectivity index (χ2n) is 3.81. The van der Waals surface area contributed by atoms with Crippen LogP contribution < -0.4 is 0 Å². The first-order valence-corrected chi connectivity index (χ1v) is 6.55. The molecule has 0 amide bonds. The fourth-order valence-electron chi connectivity index (χ4n) is 1.86. The minimum absolute atomic E-state index is 0.450. The molecule has 0 unspecified atom stereocenters. The first-order valence-electron chi connectivity index (χ1n) is 5.38. The summed E-state index contributed by atoms with van der Waals surface area (Å²) < 4.78 is 22.0. The van der Waals surface area contributed by atoms with Gasteiger partial charge >= 0.3 is 0 Å². The Hall–Kier alpha value is -1.35. The van der Waals surface area contributed by atoms with Gasteiger partial charge in [0.05, 0.1) is 4.91 Å². The third kappa shape index (κ3) is 2.61. The van der Waals surface area contributed by atoms with Gasteiger partial charge in [-0.1, -0.05) is 36.4 Å². The van der Waals surface area contributed by atoms with Gasteiger partial charge in [0, 0.05) is 0 Å². The second kappa shape index (κ2) is 5.12. The first-order chi connectivity index (χ1) is 7.77. The molecule has 1 aliphatic carbocycles. The van der Waals surface area contributed by atoms with Crippen LogP contribution in [0.3, 0.4) is 0 Å². The monoisotopic (exact) mass is 234 g/mol. The van der Waals surface area contributed by atoms with Crippen LogP contribution in [0.2, 0.25) is 0 Å². The number of hydrogen-bond donors (Lipinski definition) is 1. The van der Waals surface area contributed by atoms with Crippen LogP contribution in [-0.4, -0.2) is 8.42 Å². The lowest BCUT2D eigenvalue weighted by molar-refractivity contribution is 0.620. The smallest absolute Gasteiger partial charge is 0.167 e. The largest absolute Gasteiger partial charge is 0.227 e. The van der Waals surface area contributed by atoms with Crippen molar-refractivity contribution in [2.24, 2.45) is 0 Å². The van der Waals surface area contributed by atoms with Gasteiger partial charge in [0.2, 0.25) is 0 Å². The van der Waals surface area contributed by atoms with Gasteiger partial charge in [-0.3, -0.25) is 0 Å². The van der Waals surface area contributed by atoms with Crippen LogP contribution in [0.1, 0.15) is 24.8 Å². The molecule has 0 saturated carbocycles. The number of rotatable bonds is 2. The zero-order valence-corrected chi connectivity index (χ0v) is 9.82. The van der Waals surface area contributed by atoms with E-state index in [1.807, 2.05) is 36.4 Å². The summed E-state index contributed by atoms with van der Waals surface area (Å²) in [5.74, 6) is 0. The van der Waals surface area contributed by atoms with E-state index in [0.717, 1.165) is 30.4 Å². The van der Waals surface area contributed by atoms with Crippen molar-refractivity contribution in [3.05, 3.63) is 53.0 Å². The molecule has 0 aliphatic heterocycles. The van der Waals surface area contributed by atoms with Gasteiger partial charge in [-0.05, 0) is 36.5 Å². The van der Waals surface area contributed by atoms with E-state index in [1.165, 1.54) is 0 Å². The second-order valence-corrected chi connectivity index (χ2v) is 4.84. The van der Waals surface area contributed by atoms with Crippen molar-refractivity contribution in [3.8, 4) is 0 Å². The Kier molecular flexibility index (Phi) is 3.57. The van der Waals surface area contributed by atoms with E-state index in [4.69, 9.17) is 0 Å². The quantitative estimate of drug-likeness (QED) is 0.798. The molecule has 1 aromatic rings. The Morgan fingerprint density at radius 1 is 1.06 bits per heavy atom. The topological polar surface area (TPSA) is 34.1 Å². The maximum absolute atomic E-state index is 11.0. The molecule has 0 spiro atoms. The molecule has 0 saturated heterocycles. The molecule has 0 heterocycles. The van der Waals surface area contributed by atoms with Crippen LogP contribution in [0.4, 0.5) is 0 Å². The summed E-state index contributed by atoms with van der Waals surface area (Å²) in [6.07, 6.45) is 6.39. The minimum atomic E-state index is -2.47. The lowest BCUT2D eigenvalue weighted by Crippen LogP contribution is -1.85. The molecule has 2 nitrogen and oxygen atoms in total. The summed E-state index contributed by atoms with van der Waals surface area (Å²) in [6, 6.07) is 9.95. The van der Waals surface area contributed by atoms with Gasteiger partial charge in [-0.25, -0.2) is 8.42 Å². The van der Waals surface area contributed by atoms with E-state index in [2.05, 4.69) is 0 Å². The van der Waals surface area contributed by atoms with Crippen molar-refractivity contribution in [1.82, 2.24) is 0 Å². The van der Waals surface area contributed by atoms with Crippen molar-refractivity contribution < 1.29 is 8.42 Å². The molecule has 84 valence electrons. The molecule has 0 bridgehead atoms. The normalized spacial score (nSPS) is 16.6. The molecule has 0 radical (unpaired) electrons. The summed E-state index contributed by atoms with van der Waals surface area (Å²) in [6.45, 7) is 0. The number of thiol groups is 1. The highest BCUT2D eigenvalue weighted by molar-refractivity contribution is 7.77. The summed E-state index contributed by atoms with van der Waals surface area (Å²) in [7, 11) is -2.47. The van der Waals surface area contributed by atoms with Crippen LogP contribution >= 0.6 is 0 Å². The average molecular weight is 234 g/mol. The molecular formula is C13H14O2S. The van der Waals surface area contributed by atoms with Crippen LogP contribution in [-0.2, 0) is 10.7 Å². The fraction of sp³-hybridized carbons (Fsp3) is 0.231. The molecule has 0 N–H and O–H groups in total. The Balaban J connectivity index is 2.38. The maximum Gasteiger partial charge on any atom is 0.167 e. The predicted octanol–water partition coefficient (Wildman–Crippen LogP) is 2.75. The molecule has 3 heteroatoms. The molecule has 16 heavy (non-hydrogen) atoms. The third-order valence-corrected chi connectivity index (χ3v) is 3.41. The predicted molar refractivity (Wildman–Crippen MR) is 66.7 cm³/mol. The average Bonchev–Trinajstić information content (AvgIpc) is 2.56. The molecule has 2 rings (SSSR count). The highest BCUT2D eigenvalue weighted by Crippen LogP contribution is 2.25. The van der Waals surface area contributed by atoms with Crippen molar-refractivity contribution in [1.29, 1.82) is 0 Å². The maximum atomic E-state index is 11.0. The number of benzene rings is 1. The standard InChI is InChI=1S/C13H14O2S/c14-16(15)13-9-5-4-8-12(10-13)11-6-2-1-3-7-11/h1-3,6-7,9-10,16H,4-5,8H2. The lowest BCUT2D eigenvalue weighted by atomic mass is 10.0. The molecule has 0 aromatic heterocycles. The van der Waals surface area contributed by atoms with Crippen molar-refractivity contribution >= 4 is 16.3 Å². The van der Waals surface area contributed by atoms with Gasteiger partial charge in [0.1, 0.15) is 0 Å². The number of hydrogen-bond acceptors (Lipinski definition) is 2. The zero-order valence-electron chi connectivity index (χ0n) is 8.93. The van der Waals surface area contributed by atoms with Crippen LogP contribution in [0.25, 0.3) is 5.57 Å². The van der Waals surface area contributed by atoms with E-state index in [9.17, 15) is 8.42 Å². The zero-order chi connectivity index (χ0) is 11.4. The van der Waals surface area contributed by atoms with Crippen LogP contribution in [0.15, 0.2) is 47.4 Å². The first kappa shape index (κ1) is 11.1. The highest BCUT2D eigenvalue weighted by atomic mass is 32.2. The highest BCUT2D eigenvalue weighted by Gasteiger charge is 2.07. The van der Waals surface area contributed by atoms with E-state index < -0.39 is 10.7 Å². The van der Waals surface area contributed by atoms with Crippen molar-refractivity contribution in [2.45, 2.75) is 19.3 Å². The summed E-state index contributed by atoms with van der Waals surface area (Å²) in [4.78, 5) is 0.450. The summed E-state index contributed by atoms with van der Waals surface area (Å²) in [5, 5.41) is 0. The Labute approximate surface area is 97.3 Å². The Bertz CT molecular complexity index is 488. The molecule has 1 aromatic carbocycles. The molecule has 0 atom stereocenters. The van der Waals surface area contributed by atoms with Crippen LogP contribution in [0, 0.1) is 0 Å². The van der Waals surface area contributed by atoms with Gasteiger partial charge in [-0.15, -0.1) is 0 Å². The van der Waals surface area contributed by atoms with Gasteiger partial charge < -0.3 is 0 Å². The fourth-order valence-corrected chi connectivity index (χ4v) is 2.40. The molecule has 1 aliphatic rings. The Morgan fingerprint density at radius 2 is 1.81 bits per heavy atom. The van der Waals surface area contributed by atoms with E-state index in [-0.39, 0.29) is 0 Å². The van der Waals surface area contributed by atoms with E-state index in [1.54, 1.807) is 6.08 Å². The summed E-state index contributed by atoms with van der Waals surface area (Å²) in [5.41, 5.74) is 2.23. The van der Waals surface area contributed by atoms with Gasteiger partial charge in [0.15, 0.2) is 10.7 Å². The lowest BCUT2D eigenvalue weighted by Gasteiger charge is -2.04.